The first-order valence-corrected chi connectivity index (χ1v) is 5.09. The second-order valence-electron chi connectivity index (χ2n) is 4.21. The summed E-state index contributed by atoms with van der Waals surface area (Å²) >= 11 is 1.73. The maximum atomic E-state index is 5.81. The van der Waals surface area contributed by atoms with Crippen LogP contribution >= 0.6 is 11.3 Å². The van der Waals surface area contributed by atoms with E-state index < -0.39 is 0 Å². The highest BCUT2D eigenvalue weighted by Gasteiger charge is 2.61. The van der Waals surface area contributed by atoms with E-state index in [0.29, 0.717) is 5.41 Å². The van der Waals surface area contributed by atoms with E-state index in [2.05, 4.69) is 18.8 Å². The van der Waals surface area contributed by atoms with E-state index >= 15 is 0 Å². The second kappa shape index (κ2) is 2.30. The molecule has 0 spiro atoms. The van der Waals surface area contributed by atoms with Crippen LogP contribution in [0.25, 0.3) is 0 Å². The molecular weight excluding hydrogens is 168 g/mol. The van der Waals surface area contributed by atoms with Gasteiger partial charge in [0.2, 0.25) is 0 Å². The lowest BCUT2D eigenvalue weighted by molar-refractivity contribution is 0.509. The molecule has 66 valence electrons. The minimum atomic E-state index is 0.244. The molecule has 2 N–H and O–H groups in total. The molecule has 1 saturated carbocycles. The summed E-state index contributed by atoms with van der Waals surface area (Å²) in [6, 6.07) is 0. The van der Waals surface area contributed by atoms with Crippen LogP contribution in [0.5, 0.6) is 0 Å². The first-order valence-electron chi connectivity index (χ1n) is 4.21. The van der Waals surface area contributed by atoms with Gasteiger partial charge < -0.3 is 5.73 Å². The van der Waals surface area contributed by atoms with Crippen LogP contribution in [-0.4, -0.2) is 11.5 Å². The molecule has 0 aromatic carbocycles. The zero-order valence-electron chi connectivity index (χ0n) is 7.50. The Balaban J connectivity index is 2.34. The summed E-state index contributed by atoms with van der Waals surface area (Å²) in [7, 11) is 0. The van der Waals surface area contributed by atoms with Gasteiger partial charge in [0.25, 0.3) is 0 Å². The van der Waals surface area contributed by atoms with Crippen LogP contribution in [0.15, 0.2) is 11.7 Å². The van der Waals surface area contributed by atoms with Crippen LogP contribution in [0.3, 0.4) is 0 Å². The Labute approximate surface area is 76.8 Å². The van der Waals surface area contributed by atoms with Crippen molar-refractivity contribution in [3.05, 3.63) is 16.6 Å². The van der Waals surface area contributed by atoms with Gasteiger partial charge in [-0.2, -0.15) is 0 Å². The SMILES string of the molecule is CC1(C)CC1(CN)c1cncs1. The van der Waals surface area contributed by atoms with Crippen LogP contribution in [0.4, 0.5) is 0 Å². The normalized spacial score (nSPS) is 31.9. The van der Waals surface area contributed by atoms with Gasteiger partial charge in [-0.25, -0.2) is 0 Å². The van der Waals surface area contributed by atoms with Gasteiger partial charge in [-0.1, -0.05) is 13.8 Å². The molecule has 1 atom stereocenters. The lowest BCUT2D eigenvalue weighted by Gasteiger charge is -2.15. The van der Waals surface area contributed by atoms with E-state index in [1.54, 1.807) is 11.3 Å². The molecule has 1 heterocycles. The number of thiazole rings is 1. The largest absolute Gasteiger partial charge is 0.330 e. The molecule has 1 aliphatic carbocycles. The Hall–Kier alpha value is -0.410. The highest BCUT2D eigenvalue weighted by atomic mass is 32.1. The van der Waals surface area contributed by atoms with Gasteiger partial charge >= 0.3 is 0 Å². The average Bonchev–Trinajstić information content (AvgIpc) is 2.52. The van der Waals surface area contributed by atoms with Crippen molar-refractivity contribution in [3.63, 3.8) is 0 Å². The summed E-state index contributed by atoms with van der Waals surface area (Å²) < 4.78 is 0. The average molecular weight is 182 g/mol. The summed E-state index contributed by atoms with van der Waals surface area (Å²) in [5.41, 5.74) is 8.33. The predicted octanol–water partition coefficient (Wildman–Crippen LogP) is 1.77. The van der Waals surface area contributed by atoms with Gasteiger partial charge in [0, 0.05) is 23.0 Å². The fourth-order valence-electron chi connectivity index (χ4n) is 2.03. The lowest BCUT2D eigenvalue weighted by Crippen LogP contribution is -2.24. The van der Waals surface area contributed by atoms with Crippen molar-refractivity contribution in [3.8, 4) is 0 Å². The summed E-state index contributed by atoms with van der Waals surface area (Å²) in [6.45, 7) is 5.31. The number of rotatable bonds is 2. The Morgan fingerprint density at radius 3 is 2.67 bits per heavy atom. The van der Waals surface area contributed by atoms with Crippen LogP contribution < -0.4 is 5.73 Å². The molecule has 0 aliphatic heterocycles. The maximum absolute atomic E-state index is 5.81. The molecule has 3 heteroatoms. The van der Waals surface area contributed by atoms with Gasteiger partial charge in [-0.3, -0.25) is 4.98 Å². The number of hydrogen-bond acceptors (Lipinski definition) is 3. The van der Waals surface area contributed by atoms with Gasteiger partial charge in [0.15, 0.2) is 0 Å². The predicted molar refractivity (Wildman–Crippen MR) is 51.2 cm³/mol. The van der Waals surface area contributed by atoms with Crippen LogP contribution in [-0.2, 0) is 5.41 Å². The molecule has 1 aromatic heterocycles. The minimum Gasteiger partial charge on any atom is -0.330 e. The quantitative estimate of drug-likeness (QED) is 0.757. The van der Waals surface area contributed by atoms with Gasteiger partial charge in [-0.05, 0) is 11.8 Å². The van der Waals surface area contributed by atoms with Crippen molar-refractivity contribution in [2.45, 2.75) is 25.7 Å². The third kappa shape index (κ3) is 0.866. The molecule has 0 radical (unpaired) electrons. The van der Waals surface area contributed by atoms with Crippen LogP contribution in [0, 0.1) is 5.41 Å². The molecule has 0 saturated heterocycles. The standard InChI is InChI=1S/C9H14N2S/c1-8(2)4-9(8,5-10)7-3-11-6-12-7/h3,6H,4-5,10H2,1-2H3. The van der Waals surface area contributed by atoms with E-state index in [9.17, 15) is 0 Å². The van der Waals surface area contributed by atoms with Crippen molar-refractivity contribution in [2.75, 3.05) is 6.54 Å². The van der Waals surface area contributed by atoms with E-state index in [4.69, 9.17) is 5.73 Å². The monoisotopic (exact) mass is 182 g/mol. The van der Waals surface area contributed by atoms with E-state index in [1.807, 2.05) is 11.7 Å². The molecule has 1 aliphatic rings. The smallest absolute Gasteiger partial charge is 0.0794 e. The Kier molecular flexibility index (Phi) is 1.57. The summed E-state index contributed by atoms with van der Waals surface area (Å²) in [5.74, 6) is 0. The molecule has 1 aromatic rings. The summed E-state index contributed by atoms with van der Waals surface area (Å²) in [6.07, 6.45) is 3.17. The Morgan fingerprint density at radius 2 is 2.33 bits per heavy atom. The zero-order valence-corrected chi connectivity index (χ0v) is 8.32. The zero-order chi connectivity index (χ0) is 8.82. The van der Waals surface area contributed by atoms with E-state index in [-0.39, 0.29) is 5.41 Å². The van der Waals surface area contributed by atoms with Crippen molar-refractivity contribution in [1.82, 2.24) is 4.98 Å². The van der Waals surface area contributed by atoms with Gasteiger partial charge in [-0.15, -0.1) is 11.3 Å². The minimum absolute atomic E-state index is 0.244. The molecule has 0 bridgehead atoms. The Morgan fingerprint density at radius 1 is 1.67 bits per heavy atom. The fraction of sp³-hybridized carbons (Fsp3) is 0.667. The van der Waals surface area contributed by atoms with Gasteiger partial charge in [0.05, 0.1) is 5.51 Å². The number of aromatic nitrogens is 1. The third-order valence-corrected chi connectivity index (χ3v) is 4.14. The van der Waals surface area contributed by atoms with Crippen LogP contribution in [0.1, 0.15) is 25.1 Å². The number of nitrogens with two attached hydrogens (primary N) is 1. The van der Waals surface area contributed by atoms with Crippen LogP contribution in [0.2, 0.25) is 0 Å². The summed E-state index contributed by atoms with van der Waals surface area (Å²) in [5, 5.41) is 0. The molecule has 2 nitrogen and oxygen atoms in total. The third-order valence-electron chi connectivity index (χ3n) is 3.17. The number of hydrogen-bond donors (Lipinski definition) is 1. The van der Waals surface area contributed by atoms with E-state index in [0.717, 1.165) is 6.54 Å². The maximum Gasteiger partial charge on any atom is 0.0794 e. The van der Waals surface area contributed by atoms with E-state index in [1.165, 1.54) is 11.3 Å². The van der Waals surface area contributed by atoms with Crippen molar-refractivity contribution < 1.29 is 0 Å². The molecule has 2 rings (SSSR count). The first-order chi connectivity index (χ1) is 5.62. The highest BCUT2D eigenvalue weighted by Crippen LogP contribution is 2.64. The number of nitrogens with zero attached hydrogens (tertiary/aromatic N) is 1. The molecule has 1 unspecified atom stereocenters. The molecule has 1 fully saturated rings. The van der Waals surface area contributed by atoms with Gasteiger partial charge in [0.1, 0.15) is 0 Å². The topological polar surface area (TPSA) is 38.9 Å². The first kappa shape index (κ1) is 8.20. The highest BCUT2D eigenvalue weighted by molar-refractivity contribution is 7.09. The van der Waals surface area contributed by atoms with Crippen molar-refractivity contribution >= 4 is 11.3 Å². The second-order valence-corrected chi connectivity index (χ2v) is 5.10. The fourth-order valence-corrected chi connectivity index (χ4v) is 3.05. The molecular formula is C9H14N2S. The lowest BCUT2D eigenvalue weighted by atomic mass is 9.95. The van der Waals surface area contributed by atoms with Crippen molar-refractivity contribution in [2.24, 2.45) is 11.1 Å². The Bertz CT molecular complexity index is 279. The summed E-state index contributed by atoms with van der Waals surface area (Å²) in [4.78, 5) is 5.46. The molecule has 0 amide bonds. The molecule has 12 heavy (non-hydrogen) atoms. The van der Waals surface area contributed by atoms with Crippen molar-refractivity contribution in [1.29, 1.82) is 0 Å².